The average molecular weight is 273 g/mol. The molecule has 1 N–H and O–H groups in total. The van der Waals surface area contributed by atoms with E-state index in [0.717, 1.165) is 0 Å². The van der Waals surface area contributed by atoms with E-state index in [2.05, 4.69) is 5.10 Å². The largest absolute Gasteiger partial charge is 0.390 e. The molecule has 1 saturated heterocycles. The van der Waals surface area contributed by atoms with Crippen molar-refractivity contribution in [3.05, 3.63) is 12.4 Å². The molecule has 1 aromatic rings. The summed E-state index contributed by atoms with van der Waals surface area (Å²) in [5.74, 6) is 0. The number of rotatable bonds is 2. The van der Waals surface area contributed by atoms with E-state index in [1.54, 1.807) is 14.0 Å². The van der Waals surface area contributed by atoms with E-state index in [9.17, 15) is 13.5 Å². The highest BCUT2D eigenvalue weighted by Gasteiger charge is 2.32. The first kappa shape index (κ1) is 13.5. The van der Waals surface area contributed by atoms with E-state index < -0.39 is 15.6 Å². The van der Waals surface area contributed by atoms with Crippen molar-refractivity contribution in [3.8, 4) is 0 Å². The first-order valence-corrected chi connectivity index (χ1v) is 7.46. The van der Waals surface area contributed by atoms with Crippen LogP contribution >= 0.6 is 0 Å². The summed E-state index contributed by atoms with van der Waals surface area (Å²) in [5, 5.41) is 13.9. The van der Waals surface area contributed by atoms with Crippen LogP contribution in [0, 0.1) is 0 Å². The first-order chi connectivity index (χ1) is 8.31. The van der Waals surface area contributed by atoms with Gasteiger partial charge in [-0.05, 0) is 26.2 Å². The maximum absolute atomic E-state index is 12.4. The van der Waals surface area contributed by atoms with Crippen LogP contribution in [0.2, 0.25) is 0 Å². The Hall–Kier alpha value is -0.920. The van der Waals surface area contributed by atoms with Gasteiger partial charge in [0.2, 0.25) is 10.0 Å². The molecule has 2 heterocycles. The molecule has 1 aliphatic rings. The molecule has 18 heavy (non-hydrogen) atoms. The molecule has 0 bridgehead atoms. The third-order valence-electron chi connectivity index (χ3n) is 3.34. The van der Waals surface area contributed by atoms with Crippen LogP contribution in [0.3, 0.4) is 0 Å². The highest BCUT2D eigenvalue weighted by atomic mass is 32.2. The van der Waals surface area contributed by atoms with Crippen molar-refractivity contribution in [1.82, 2.24) is 14.1 Å². The van der Waals surface area contributed by atoms with Gasteiger partial charge in [-0.15, -0.1) is 0 Å². The Bertz CT molecular complexity index is 521. The zero-order chi connectivity index (χ0) is 13.4. The smallest absolute Gasteiger partial charge is 0.246 e. The van der Waals surface area contributed by atoms with Crippen molar-refractivity contribution in [1.29, 1.82) is 0 Å². The summed E-state index contributed by atoms with van der Waals surface area (Å²) >= 11 is 0. The van der Waals surface area contributed by atoms with Gasteiger partial charge in [-0.1, -0.05) is 0 Å². The maximum atomic E-state index is 12.4. The highest BCUT2D eigenvalue weighted by Crippen LogP contribution is 2.25. The van der Waals surface area contributed by atoms with E-state index in [0.29, 0.717) is 32.4 Å². The van der Waals surface area contributed by atoms with Gasteiger partial charge in [0, 0.05) is 26.3 Å². The second-order valence-corrected chi connectivity index (χ2v) is 7.04. The van der Waals surface area contributed by atoms with Gasteiger partial charge in [-0.2, -0.15) is 9.40 Å². The van der Waals surface area contributed by atoms with Crippen LogP contribution in [0.15, 0.2) is 17.3 Å². The lowest BCUT2D eigenvalue weighted by Crippen LogP contribution is -2.33. The van der Waals surface area contributed by atoms with Crippen molar-refractivity contribution in [2.75, 3.05) is 13.1 Å². The average Bonchev–Trinajstić information content (AvgIpc) is 2.61. The van der Waals surface area contributed by atoms with E-state index in [1.165, 1.54) is 21.4 Å². The third-order valence-corrected chi connectivity index (χ3v) is 5.19. The van der Waals surface area contributed by atoms with Crippen molar-refractivity contribution in [3.63, 3.8) is 0 Å². The van der Waals surface area contributed by atoms with Gasteiger partial charge in [-0.25, -0.2) is 8.42 Å². The molecule has 102 valence electrons. The minimum absolute atomic E-state index is 0.214. The Labute approximate surface area is 107 Å². The van der Waals surface area contributed by atoms with E-state index in [-0.39, 0.29) is 4.90 Å². The standard InChI is InChI=1S/C11H19N3O3S/c1-11(15)4-3-6-14(7-5-11)18(16,17)10-8-12-13(2)9-10/h8-9,15H,3-7H2,1-2H3. The summed E-state index contributed by atoms with van der Waals surface area (Å²) in [4.78, 5) is 0.214. The predicted octanol–water partition coefficient (Wildman–Crippen LogP) is 0.346. The van der Waals surface area contributed by atoms with Gasteiger partial charge >= 0.3 is 0 Å². The van der Waals surface area contributed by atoms with Crippen LogP contribution in [0.4, 0.5) is 0 Å². The molecule has 7 heteroatoms. The minimum atomic E-state index is -3.48. The zero-order valence-corrected chi connectivity index (χ0v) is 11.5. The number of aliphatic hydroxyl groups is 1. The van der Waals surface area contributed by atoms with Crippen LogP contribution in [0.5, 0.6) is 0 Å². The molecule has 0 aliphatic carbocycles. The van der Waals surface area contributed by atoms with Crippen molar-refractivity contribution in [2.45, 2.75) is 36.7 Å². The van der Waals surface area contributed by atoms with Crippen LogP contribution in [0.1, 0.15) is 26.2 Å². The second-order valence-electron chi connectivity index (χ2n) is 5.10. The van der Waals surface area contributed by atoms with Gasteiger partial charge in [0.05, 0.1) is 11.8 Å². The number of hydrogen-bond donors (Lipinski definition) is 1. The summed E-state index contributed by atoms with van der Waals surface area (Å²) < 4.78 is 27.6. The summed E-state index contributed by atoms with van der Waals surface area (Å²) in [6.07, 6.45) is 4.63. The number of sulfonamides is 1. The molecular weight excluding hydrogens is 254 g/mol. The van der Waals surface area contributed by atoms with E-state index in [4.69, 9.17) is 0 Å². The maximum Gasteiger partial charge on any atom is 0.246 e. The molecule has 6 nitrogen and oxygen atoms in total. The van der Waals surface area contributed by atoms with Crippen LogP contribution in [0.25, 0.3) is 0 Å². The van der Waals surface area contributed by atoms with Crippen molar-refractivity contribution >= 4 is 10.0 Å². The lowest BCUT2D eigenvalue weighted by Gasteiger charge is -2.21. The SMILES string of the molecule is Cn1cc(S(=O)(=O)N2CCCC(C)(O)CC2)cn1. The van der Waals surface area contributed by atoms with Crippen molar-refractivity contribution in [2.24, 2.45) is 7.05 Å². The summed E-state index contributed by atoms with van der Waals surface area (Å²) in [6, 6.07) is 0. The van der Waals surface area contributed by atoms with Gasteiger partial charge in [0.15, 0.2) is 0 Å². The number of aromatic nitrogens is 2. The number of hydrogen-bond acceptors (Lipinski definition) is 4. The molecule has 1 unspecified atom stereocenters. The quantitative estimate of drug-likeness (QED) is 0.843. The molecular formula is C11H19N3O3S. The Morgan fingerprint density at radius 3 is 2.72 bits per heavy atom. The summed E-state index contributed by atoms with van der Waals surface area (Å²) in [6.45, 7) is 2.56. The van der Waals surface area contributed by atoms with Gasteiger partial charge < -0.3 is 5.11 Å². The normalized spacial score (nSPS) is 27.1. The molecule has 0 radical (unpaired) electrons. The molecule has 1 fully saturated rings. The Balaban J connectivity index is 2.21. The minimum Gasteiger partial charge on any atom is -0.390 e. The second kappa shape index (κ2) is 4.64. The van der Waals surface area contributed by atoms with Crippen molar-refractivity contribution < 1.29 is 13.5 Å². The number of nitrogens with zero attached hydrogens (tertiary/aromatic N) is 3. The van der Waals surface area contributed by atoms with E-state index >= 15 is 0 Å². The summed E-state index contributed by atoms with van der Waals surface area (Å²) in [7, 11) is -1.79. The lowest BCUT2D eigenvalue weighted by atomic mass is 9.98. The fourth-order valence-electron chi connectivity index (χ4n) is 2.16. The topological polar surface area (TPSA) is 75.4 Å². The molecule has 1 aliphatic heterocycles. The van der Waals surface area contributed by atoms with Gasteiger partial charge in [-0.3, -0.25) is 4.68 Å². The Morgan fingerprint density at radius 1 is 1.39 bits per heavy atom. The molecule has 0 aromatic carbocycles. The number of aryl methyl sites for hydroxylation is 1. The Morgan fingerprint density at radius 2 is 2.11 bits per heavy atom. The molecule has 1 aromatic heterocycles. The fraction of sp³-hybridized carbons (Fsp3) is 0.727. The molecule has 1 atom stereocenters. The van der Waals surface area contributed by atoms with E-state index in [1.807, 2.05) is 0 Å². The van der Waals surface area contributed by atoms with Crippen LogP contribution in [-0.4, -0.2) is 46.3 Å². The first-order valence-electron chi connectivity index (χ1n) is 6.02. The monoisotopic (exact) mass is 273 g/mol. The lowest BCUT2D eigenvalue weighted by molar-refractivity contribution is 0.0465. The van der Waals surface area contributed by atoms with Crippen LogP contribution < -0.4 is 0 Å². The van der Waals surface area contributed by atoms with Crippen LogP contribution in [-0.2, 0) is 17.1 Å². The third kappa shape index (κ3) is 2.73. The van der Waals surface area contributed by atoms with Gasteiger partial charge in [0.1, 0.15) is 4.90 Å². The predicted molar refractivity (Wildman–Crippen MR) is 66.4 cm³/mol. The highest BCUT2D eigenvalue weighted by molar-refractivity contribution is 7.89. The Kier molecular flexibility index (Phi) is 3.48. The molecule has 2 rings (SSSR count). The molecule has 0 saturated carbocycles. The van der Waals surface area contributed by atoms with Gasteiger partial charge in [0.25, 0.3) is 0 Å². The fourth-order valence-corrected chi connectivity index (χ4v) is 3.63. The summed E-state index contributed by atoms with van der Waals surface area (Å²) in [5.41, 5.74) is -0.765. The zero-order valence-electron chi connectivity index (χ0n) is 10.7. The molecule has 0 amide bonds. The molecule has 0 spiro atoms.